The van der Waals surface area contributed by atoms with Crippen LogP contribution in [0.3, 0.4) is 0 Å². The maximum atomic E-state index is 12.0. The van der Waals surface area contributed by atoms with Crippen molar-refractivity contribution in [3.05, 3.63) is 28.7 Å². The molecule has 1 aromatic carbocycles. The third-order valence-electron chi connectivity index (χ3n) is 2.78. The number of rotatable bonds is 5. The number of Topliss-reactive ketones (excluding diaryl/α,β-unsaturated/α-hetero) is 1. The molecule has 0 fully saturated rings. The van der Waals surface area contributed by atoms with E-state index in [-0.39, 0.29) is 22.8 Å². The number of oxazole rings is 1. The van der Waals surface area contributed by atoms with Crippen LogP contribution in [0.5, 0.6) is 0 Å². The van der Waals surface area contributed by atoms with Crippen molar-refractivity contribution in [3.63, 3.8) is 0 Å². The van der Waals surface area contributed by atoms with E-state index in [1.165, 1.54) is 29.7 Å². The molecule has 1 heterocycles. The van der Waals surface area contributed by atoms with E-state index < -0.39 is 15.8 Å². The third kappa shape index (κ3) is 2.66. The number of hydrogen-bond donors (Lipinski definition) is 1. The van der Waals surface area contributed by atoms with Gasteiger partial charge in [-0.2, -0.15) is 0 Å². The molecule has 0 saturated carbocycles. The summed E-state index contributed by atoms with van der Waals surface area (Å²) in [6.45, 7) is 3.22. The van der Waals surface area contributed by atoms with Crippen LogP contribution in [0.4, 0.5) is 0 Å². The molecular weight excluding hydrogens is 284 g/mol. The van der Waals surface area contributed by atoms with Crippen LogP contribution >= 0.6 is 0 Å². The van der Waals surface area contributed by atoms with Crippen LogP contribution < -0.4 is 10.5 Å². The van der Waals surface area contributed by atoms with Crippen molar-refractivity contribution >= 4 is 26.9 Å². The van der Waals surface area contributed by atoms with Gasteiger partial charge in [0.25, 0.3) is 0 Å². The van der Waals surface area contributed by atoms with Crippen LogP contribution in [0, 0.1) is 0 Å². The number of nitrogens with zero attached hydrogens (tertiary/aromatic N) is 1. The SMILES string of the molecule is CCn1c(=O)oc2cc(S(=O)(=O)NCC(C)=O)ccc21. The van der Waals surface area contributed by atoms with Gasteiger partial charge in [-0.15, -0.1) is 0 Å². The normalized spacial score (nSPS) is 11.9. The van der Waals surface area contributed by atoms with Gasteiger partial charge >= 0.3 is 5.76 Å². The number of hydrogen-bond acceptors (Lipinski definition) is 5. The molecule has 7 nitrogen and oxygen atoms in total. The molecule has 2 aromatic rings. The van der Waals surface area contributed by atoms with Gasteiger partial charge in [0.2, 0.25) is 10.0 Å². The van der Waals surface area contributed by atoms with E-state index in [1.54, 1.807) is 6.92 Å². The molecule has 0 aliphatic carbocycles. The monoisotopic (exact) mass is 298 g/mol. The number of fused-ring (bicyclic) bond motifs is 1. The zero-order chi connectivity index (χ0) is 14.9. The first-order valence-corrected chi connectivity index (χ1v) is 7.46. The minimum atomic E-state index is -3.80. The lowest BCUT2D eigenvalue weighted by atomic mass is 10.3. The van der Waals surface area contributed by atoms with E-state index in [0.717, 1.165) is 0 Å². The van der Waals surface area contributed by atoms with Gasteiger partial charge in [-0.1, -0.05) is 0 Å². The smallest absolute Gasteiger partial charge is 0.408 e. The summed E-state index contributed by atoms with van der Waals surface area (Å²) in [6.07, 6.45) is 0. The van der Waals surface area contributed by atoms with Crippen LogP contribution in [0.15, 0.2) is 32.3 Å². The lowest BCUT2D eigenvalue weighted by Crippen LogP contribution is -2.28. The molecule has 1 N–H and O–H groups in total. The van der Waals surface area contributed by atoms with Crippen molar-refractivity contribution in [1.82, 2.24) is 9.29 Å². The molecule has 0 saturated heterocycles. The Bertz CT molecular complexity index is 816. The first-order valence-electron chi connectivity index (χ1n) is 5.97. The first-order chi connectivity index (χ1) is 9.35. The van der Waals surface area contributed by atoms with E-state index in [0.29, 0.717) is 12.1 Å². The maximum absolute atomic E-state index is 12.0. The molecule has 1 aromatic heterocycles. The largest absolute Gasteiger partial charge is 0.419 e. The molecule has 0 aliphatic heterocycles. The minimum absolute atomic E-state index is 0.0525. The van der Waals surface area contributed by atoms with Gasteiger partial charge < -0.3 is 4.42 Å². The summed E-state index contributed by atoms with van der Waals surface area (Å²) < 4.78 is 32.5. The molecule has 0 aliphatic rings. The topological polar surface area (TPSA) is 98.4 Å². The molecule has 2 rings (SSSR count). The molecular formula is C12H14N2O5S. The molecule has 0 atom stereocenters. The van der Waals surface area contributed by atoms with Crippen molar-refractivity contribution in [2.75, 3.05) is 6.54 Å². The molecule has 0 unspecified atom stereocenters. The summed E-state index contributed by atoms with van der Waals surface area (Å²) in [4.78, 5) is 22.3. The lowest BCUT2D eigenvalue weighted by molar-refractivity contribution is -0.115. The number of benzene rings is 1. The van der Waals surface area contributed by atoms with Gasteiger partial charge in [-0.3, -0.25) is 9.36 Å². The van der Waals surface area contributed by atoms with Gasteiger partial charge in [0.15, 0.2) is 5.58 Å². The van der Waals surface area contributed by atoms with Crippen LogP contribution in [0.1, 0.15) is 13.8 Å². The van der Waals surface area contributed by atoms with Crippen molar-refractivity contribution in [2.24, 2.45) is 0 Å². The van der Waals surface area contributed by atoms with Gasteiger partial charge in [-0.05, 0) is 26.0 Å². The summed E-state index contributed by atoms with van der Waals surface area (Å²) in [5.41, 5.74) is 0.727. The molecule has 108 valence electrons. The number of aromatic nitrogens is 1. The van der Waals surface area contributed by atoms with Crippen molar-refractivity contribution < 1.29 is 17.6 Å². The summed E-state index contributed by atoms with van der Waals surface area (Å²) in [7, 11) is -3.80. The van der Waals surface area contributed by atoms with Crippen LogP contribution in [0.25, 0.3) is 11.1 Å². The lowest BCUT2D eigenvalue weighted by Gasteiger charge is -2.05. The third-order valence-corrected chi connectivity index (χ3v) is 4.18. The standard InChI is InChI=1S/C12H14N2O5S/c1-3-14-10-5-4-9(6-11(10)19-12(14)16)20(17,18)13-7-8(2)15/h4-6,13H,3,7H2,1-2H3. The predicted octanol–water partition coefficient (Wildman–Crippen LogP) is 0.482. The van der Waals surface area contributed by atoms with Gasteiger partial charge in [-0.25, -0.2) is 17.9 Å². The number of carbonyl (C=O) groups excluding carboxylic acids is 1. The second-order valence-corrected chi connectivity index (χ2v) is 6.04. The average Bonchev–Trinajstić information content (AvgIpc) is 2.70. The Kier molecular flexibility index (Phi) is 3.78. The quantitative estimate of drug-likeness (QED) is 0.865. The maximum Gasteiger partial charge on any atom is 0.419 e. The highest BCUT2D eigenvalue weighted by Gasteiger charge is 2.17. The summed E-state index contributed by atoms with van der Waals surface area (Å²) in [5, 5.41) is 0. The number of aryl methyl sites for hydroxylation is 1. The van der Waals surface area contributed by atoms with E-state index in [2.05, 4.69) is 4.72 Å². The second kappa shape index (κ2) is 5.22. The molecule has 0 spiro atoms. The number of sulfonamides is 1. The summed E-state index contributed by atoms with van der Waals surface area (Å²) in [6, 6.07) is 4.14. The molecule has 20 heavy (non-hydrogen) atoms. The molecule has 0 bridgehead atoms. The van der Waals surface area contributed by atoms with Crippen LogP contribution in [0.2, 0.25) is 0 Å². The fraction of sp³-hybridized carbons (Fsp3) is 0.333. The number of carbonyl (C=O) groups is 1. The minimum Gasteiger partial charge on any atom is -0.408 e. The Balaban J connectivity index is 2.47. The highest BCUT2D eigenvalue weighted by atomic mass is 32.2. The molecule has 8 heteroatoms. The van der Waals surface area contributed by atoms with Gasteiger partial charge in [0.1, 0.15) is 5.78 Å². The van der Waals surface area contributed by atoms with Gasteiger partial charge in [0.05, 0.1) is 17.0 Å². The van der Waals surface area contributed by atoms with Gasteiger partial charge in [0, 0.05) is 12.6 Å². The Labute approximate surface area is 115 Å². The highest BCUT2D eigenvalue weighted by Crippen LogP contribution is 2.18. The Morgan fingerprint density at radius 2 is 2.10 bits per heavy atom. The second-order valence-electron chi connectivity index (χ2n) is 4.27. The number of ketones is 1. The fourth-order valence-corrected chi connectivity index (χ4v) is 2.86. The zero-order valence-electron chi connectivity index (χ0n) is 11.0. The summed E-state index contributed by atoms with van der Waals surface area (Å²) in [5.74, 6) is -0.827. The zero-order valence-corrected chi connectivity index (χ0v) is 11.9. The Morgan fingerprint density at radius 3 is 2.70 bits per heavy atom. The fourth-order valence-electron chi connectivity index (χ4n) is 1.79. The van der Waals surface area contributed by atoms with Crippen LogP contribution in [-0.2, 0) is 21.4 Å². The van der Waals surface area contributed by atoms with Crippen LogP contribution in [-0.4, -0.2) is 25.3 Å². The van der Waals surface area contributed by atoms with Crippen molar-refractivity contribution in [3.8, 4) is 0 Å². The summed E-state index contributed by atoms with van der Waals surface area (Å²) >= 11 is 0. The Hall–Kier alpha value is -1.93. The molecule has 0 radical (unpaired) electrons. The predicted molar refractivity (Wildman–Crippen MR) is 72.0 cm³/mol. The average molecular weight is 298 g/mol. The van der Waals surface area contributed by atoms with E-state index in [9.17, 15) is 18.0 Å². The van der Waals surface area contributed by atoms with Crippen molar-refractivity contribution in [1.29, 1.82) is 0 Å². The van der Waals surface area contributed by atoms with Crippen molar-refractivity contribution in [2.45, 2.75) is 25.3 Å². The first kappa shape index (κ1) is 14.5. The Morgan fingerprint density at radius 1 is 1.40 bits per heavy atom. The van der Waals surface area contributed by atoms with E-state index in [1.807, 2.05) is 0 Å². The van der Waals surface area contributed by atoms with E-state index in [4.69, 9.17) is 4.42 Å². The highest BCUT2D eigenvalue weighted by molar-refractivity contribution is 7.89. The molecule has 0 amide bonds. The van der Waals surface area contributed by atoms with E-state index >= 15 is 0 Å². The number of nitrogens with one attached hydrogen (secondary N) is 1.